The molecular formula is C31H41NO4. The molecule has 0 unspecified atom stereocenters. The molecule has 7 atom stereocenters. The van der Waals surface area contributed by atoms with Crippen LogP contribution < -0.4 is 0 Å². The van der Waals surface area contributed by atoms with Gasteiger partial charge >= 0.3 is 5.97 Å². The number of hydrogen-bond acceptors (Lipinski definition) is 5. The normalized spacial score (nSPS) is 44.5. The number of ether oxygens (including phenoxy) is 1. The monoisotopic (exact) mass is 491 g/mol. The van der Waals surface area contributed by atoms with E-state index in [1.54, 1.807) is 0 Å². The quantitative estimate of drug-likeness (QED) is 0.421. The van der Waals surface area contributed by atoms with Crippen LogP contribution in [0.4, 0.5) is 0 Å². The summed E-state index contributed by atoms with van der Waals surface area (Å²) in [4.78, 5) is 40.6. The van der Waals surface area contributed by atoms with Crippen LogP contribution in [-0.2, 0) is 19.1 Å². The molecule has 194 valence electrons. The van der Waals surface area contributed by atoms with E-state index >= 15 is 0 Å². The van der Waals surface area contributed by atoms with Crippen molar-refractivity contribution in [2.75, 3.05) is 7.11 Å². The van der Waals surface area contributed by atoms with Crippen LogP contribution in [0.1, 0.15) is 86.5 Å². The smallest absolute Gasteiger partial charge is 0.312 e. The van der Waals surface area contributed by atoms with E-state index in [0.29, 0.717) is 0 Å². The maximum Gasteiger partial charge on any atom is 0.312 e. The minimum absolute atomic E-state index is 0.0188. The van der Waals surface area contributed by atoms with Crippen LogP contribution in [0.2, 0.25) is 0 Å². The molecule has 5 aliphatic rings. The number of nitrogens with zero attached hydrogens (tertiary/aromatic N) is 1. The summed E-state index contributed by atoms with van der Waals surface area (Å²) in [5.41, 5.74) is -0.544. The molecule has 0 aromatic heterocycles. The third kappa shape index (κ3) is 3.09. The molecule has 0 heterocycles. The van der Waals surface area contributed by atoms with Gasteiger partial charge in [0, 0.05) is 16.7 Å². The van der Waals surface area contributed by atoms with Crippen molar-refractivity contribution >= 4 is 17.5 Å². The van der Waals surface area contributed by atoms with Crippen molar-refractivity contribution in [1.29, 1.82) is 5.26 Å². The predicted octanol–water partition coefficient (Wildman–Crippen LogP) is 5.99. The van der Waals surface area contributed by atoms with Crippen molar-refractivity contribution in [2.24, 2.45) is 50.7 Å². The Morgan fingerprint density at radius 3 is 2.33 bits per heavy atom. The Balaban J connectivity index is 1.66. The third-order valence-electron chi connectivity index (χ3n) is 11.7. The molecular weight excluding hydrogens is 450 g/mol. The van der Waals surface area contributed by atoms with Gasteiger partial charge in [-0.3, -0.25) is 14.4 Å². The molecule has 0 amide bonds. The van der Waals surface area contributed by atoms with Gasteiger partial charge < -0.3 is 4.74 Å². The maximum atomic E-state index is 14.2. The van der Waals surface area contributed by atoms with Crippen molar-refractivity contribution < 1.29 is 19.1 Å². The maximum absolute atomic E-state index is 14.2. The number of fused-ring (bicyclic) bond motifs is 7. The molecule has 0 aromatic rings. The molecule has 3 saturated carbocycles. The Morgan fingerprint density at radius 2 is 1.69 bits per heavy atom. The fraction of sp³-hybridized carbons (Fsp3) is 0.742. The van der Waals surface area contributed by atoms with Gasteiger partial charge in [-0.15, -0.1) is 0 Å². The number of rotatable bonds is 1. The number of carbonyl (C=O) groups is 3. The van der Waals surface area contributed by atoms with Crippen molar-refractivity contribution in [3.05, 3.63) is 23.3 Å². The Morgan fingerprint density at radius 1 is 1.00 bits per heavy atom. The highest BCUT2D eigenvalue weighted by Crippen LogP contribution is 2.70. The van der Waals surface area contributed by atoms with Gasteiger partial charge in [-0.05, 0) is 79.6 Å². The van der Waals surface area contributed by atoms with E-state index in [1.807, 2.05) is 26.0 Å². The summed E-state index contributed by atoms with van der Waals surface area (Å²) in [5, 5.41) is 9.81. The molecule has 5 nitrogen and oxygen atoms in total. The van der Waals surface area contributed by atoms with E-state index in [0.717, 1.165) is 50.5 Å². The number of carbonyl (C=O) groups excluding carboxylic acids is 3. The second-order valence-corrected chi connectivity index (χ2v) is 14.3. The third-order valence-corrected chi connectivity index (χ3v) is 11.7. The Labute approximate surface area is 215 Å². The van der Waals surface area contributed by atoms with E-state index in [4.69, 9.17) is 4.74 Å². The second-order valence-electron chi connectivity index (χ2n) is 14.3. The Hall–Kier alpha value is -2.22. The Kier molecular flexibility index (Phi) is 5.40. The molecule has 0 bridgehead atoms. The van der Waals surface area contributed by atoms with Crippen LogP contribution in [0.15, 0.2) is 23.3 Å². The lowest BCUT2D eigenvalue weighted by Gasteiger charge is -2.64. The molecule has 5 rings (SSSR count). The van der Waals surface area contributed by atoms with Gasteiger partial charge in [-0.2, -0.15) is 5.26 Å². The highest BCUT2D eigenvalue weighted by molar-refractivity contribution is 6.04. The lowest BCUT2D eigenvalue weighted by atomic mass is 9.38. The largest absolute Gasteiger partial charge is 0.469 e. The first-order valence-corrected chi connectivity index (χ1v) is 13.7. The minimum Gasteiger partial charge on any atom is -0.469 e. The van der Waals surface area contributed by atoms with Crippen LogP contribution in [0.3, 0.4) is 0 Å². The predicted molar refractivity (Wildman–Crippen MR) is 136 cm³/mol. The molecule has 0 radical (unpaired) electrons. The van der Waals surface area contributed by atoms with Gasteiger partial charge in [-0.25, -0.2) is 0 Å². The van der Waals surface area contributed by atoms with Gasteiger partial charge in [0.05, 0.1) is 18.1 Å². The second kappa shape index (κ2) is 7.65. The summed E-state index contributed by atoms with van der Waals surface area (Å²) in [7, 11) is 1.48. The summed E-state index contributed by atoms with van der Waals surface area (Å²) in [6.07, 6.45) is 9.77. The number of ketones is 2. The first kappa shape index (κ1) is 25.4. The number of nitriles is 1. The summed E-state index contributed by atoms with van der Waals surface area (Å²) in [6.45, 7) is 12.9. The average Bonchev–Trinajstić information content (AvgIpc) is 2.81. The van der Waals surface area contributed by atoms with Crippen LogP contribution in [-0.4, -0.2) is 24.6 Å². The van der Waals surface area contributed by atoms with Gasteiger partial charge in [0.2, 0.25) is 0 Å². The number of hydrogen-bond donors (Lipinski definition) is 0. The first-order chi connectivity index (χ1) is 16.7. The van der Waals surface area contributed by atoms with Crippen molar-refractivity contribution in [1.82, 2.24) is 0 Å². The zero-order chi connectivity index (χ0) is 26.5. The Bertz CT molecular complexity index is 1150. The zero-order valence-electron chi connectivity index (χ0n) is 23.0. The van der Waals surface area contributed by atoms with Crippen LogP contribution in [0, 0.1) is 62.1 Å². The summed E-state index contributed by atoms with van der Waals surface area (Å²) >= 11 is 0. The minimum atomic E-state index is -0.656. The van der Waals surface area contributed by atoms with E-state index in [-0.39, 0.29) is 57.6 Å². The zero-order valence-corrected chi connectivity index (χ0v) is 23.0. The van der Waals surface area contributed by atoms with Crippen LogP contribution in [0.25, 0.3) is 0 Å². The lowest BCUT2D eigenvalue weighted by Crippen LogP contribution is -2.62. The van der Waals surface area contributed by atoms with Gasteiger partial charge in [0.1, 0.15) is 6.07 Å². The molecule has 3 fully saturated rings. The van der Waals surface area contributed by atoms with Crippen LogP contribution in [0.5, 0.6) is 0 Å². The van der Waals surface area contributed by atoms with E-state index in [2.05, 4.69) is 33.8 Å². The van der Waals surface area contributed by atoms with Crippen LogP contribution >= 0.6 is 0 Å². The number of esters is 1. The molecule has 0 N–H and O–H groups in total. The van der Waals surface area contributed by atoms with Gasteiger partial charge in [0.25, 0.3) is 0 Å². The lowest BCUT2D eigenvalue weighted by molar-refractivity contribution is -0.178. The molecule has 0 saturated heterocycles. The number of methoxy groups -OCH3 is 1. The fourth-order valence-electron chi connectivity index (χ4n) is 9.83. The average molecular weight is 492 g/mol. The van der Waals surface area contributed by atoms with E-state index in [9.17, 15) is 19.6 Å². The molecule has 0 aromatic carbocycles. The SMILES string of the molecule is COC(=O)[C@@]12CC[C@@H]3[C@H](C(=O)C=C4[C@@]5(C)C=C(C#N)C(=O)C(C)(C)[C@@H]5CC[C@]43C)[C@@H]1CC(C)(C)CC2. The van der Waals surface area contributed by atoms with Gasteiger partial charge in [-0.1, -0.05) is 53.2 Å². The standard InChI is InChI=1S/C31H41NO4/c1-27(2)12-13-31(26(35)36-7)11-8-19-24(20(31)16-27)21(33)14-23-29(19,5)10-9-22-28(3,4)25(34)18(17-32)15-30(22,23)6/h14-15,19-20,22,24H,8-13,16H2,1-7H3/t19-,20+,22+,24+,29+,30+,31-/m1/s1. The number of allylic oxidation sites excluding steroid dienone is 4. The summed E-state index contributed by atoms with van der Waals surface area (Å²) in [5.74, 6) is -0.102. The summed E-state index contributed by atoms with van der Waals surface area (Å²) < 4.78 is 5.37. The molecule has 0 spiro atoms. The van der Waals surface area contributed by atoms with Crippen molar-refractivity contribution in [2.45, 2.75) is 86.5 Å². The molecule has 0 aliphatic heterocycles. The highest BCUT2D eigenvalue weighted by Gasteiger charge is 2.67. The van der Waals surface area contributed by atoms with Crippen molar-refractivity contribution in [3.8, 4) is 6.07 Å². The van der Waals surface area contributed by atoms with Crippen molar-refractivity contribution in [3.63, 3.8) is 0 Å². The molecule has 5 heteroatoms. The summed E-state index contributed by atoms with van der Waals surface area (Å²) in [6, 6.07) is 2.16. The first-order valence-electron chi connectivity index (χ1n) is 13.7. The fourth-order valence-corrected chi connectivity index (χ4v) is 9.83. The van der Waals surface area contributed by atoms with E-state index in [1.165, 1.54) is 7.11 Å². The highest BCUT2D eigenvalue weighted by atomic mass is 16.5. The number of Topliss-reactive ketones (excluding diaryl/α,β-unsaturated/α-hetero) is 1. The topological polar surface area (TPSA) is 84.2 Å². The van der Waals surface area contributed by atoms with Gasteiger partial charge in [0.15, 0.2) is 11.6 Å². The molecule has 36 heavy (non-hydrogen) atoms. The molecule has 5 aliphatic carbocycles. The van der Waals surface area contributed by atoms with E-state index < -0.39 is 16.2 Å².